The predicted octanol–water partition coefficient (Wildman–Crippen LogP) is 4.37. The second kappa shape index (κ2) is 5.42. The van der Waals surface area contributed by atoms with Crippen molar-refractivity contribution in [3.63, 3.8) is 0 Å². The van der Waals surface area contributed by atoms with Crippen LogP contribution in [-0.4, -0.2) is 11.5 Å². The van der Waals surface area contributed by atoms with Gasteiger partial charge >= 0.3 is 0 Å². The van der Waals surface area contributed by atoms with Crippen LogP contribution >= 0.6 is 0 Å². The van der Waals surface area contributed by atoms with E-state index in [9.17, 15) is 0 Å². The summed E-state index contributed by atoms with van der Waals surface area (Å²) in [7, 11) is 0. The Balaban J connectivity index is 2.63. The summed E-state index contributed by atoms with van der Waals surface area (Å²) in [6.45, 7) is 14.0. The van der Waals surface area contributed by atoms with Gasteiger partial charge in [0.25, 0.3) is 0 Å². The molecule has 0 radical (unpaired) electrons. The van der Waals surface area contributed by atoms with Crippen LogP contribution in [0.15, 0.2) is 24.3 Å². The average molecular weight is 284 g/mol. The zero-order valence-electron chi connectivity index (χ0n) is 14.2. The van der Waals surface area contributed by atoms with Crippen LogP contribution in [0.25, 0.3) is 10.9 Å². The van der Waals surface area contributed by atoms with Crippen molar-refractivity contribution in [3.8, 4) is 0 Å². The number of pyridine rings is 1. The van der Waals surface area contributed by atoms with Gasteiger partial charge < -0.3 is 5.73 Å². The van der Waals surface area contributed by atoms with Crippen LogP contribution in [-0.2, 0) is 11.8 Å². The Labute approximate surface area is 128 Å². The van der Waals surface area contributed by atoms with Crippen LogP contribution in [0.5, 0.6) is 0 Å². The molecule has 2 N–H and O–H groups in total. The first kappa shape index (κ1) is 16.0. The number of fused-ring (bicyclic) bond motifs is 1. The van der Waals surface area contributed by atoms with Gasteiger partial charge in [0, 0.05) is 11.1 Å². The van der Waals surface area contributed by atoms with Gasteiger partial charge in [-0.15, -0.1) is 0 Å². The van der Waals surface area contributed by atoms with Crippen molar-refractivity contribution in [2.45, 2.75) is 53.4 Å². The number of rotatable bonds is 3. The van der Waals surface area contributed by atoms with Gasteiger partial charge in [-0.25, -0.2) is 0 Å². The summed E-state index contributed by atoms with van der Waals surface area (Å²) in [5, 5.41) is 1.26. The number of hydrogen-bond acceptors (Lipinski definition) is 2. The lowest BCUT2D eigenvalue weighted by atomic mass is 9.84. The molecule has 0 saturated carbocycles. The number of nitrogens with zero attached hydrogens (tertiary/aromatic N) is 1. The molecule has 21 heavy (non-hydrogen) atoms. The molecule has 0 aliphatic heterocycles. The SMILES string of the molecule is Cc1cc(CC(C)(C)CN)nc2c(C(C)(C)C)cccc12. The summed E-state index contributed by atoms with van der Waals surface area (Å²) < 4.78 is 0. The van der Waals surface area contributed by atoms with Crippen molar-refractivity contribution in [3.05, 3.63) is 41.1 Å². The van der Waals surface area contributed by atoms with E-state index in [4.69, 9.17) is 10.7 Å². The summed E-state index contributed by atoms with van der Waals surface area (Å²) in [5.74, 6) is 0. The first-order valence-electron chi connectivity index (χ1n) is 7.74. The molecule has 0 bridgehead atoms. The summed E-state index contributed by atoms with van der Waals surface area (Å²) in [6.07, 6.45) is 0.915. The van der Waals surface area contributed by atoms with Gasteiger partial charge in [0.2, 0.25) is 0 Å². The maximum Gasteiger partial charge on any atom is 0.0745 e. The largest absolute Gasteiger partial charge is 0.330 e. The Kier molecular flexibility index (Phi) is 4.12. The van der Waals surface area contributed by atoms with Gasteiger partial charge in [0.1, 0.15) is 0 Å². The fourth-order valence-electron chi connectivity index (χ4n) is 2.74. The highest BCUT2D eigenvalue weighted by molar-refractivity contribution is 5.86. The number of benzene rings is 1. The normalized spacial score (nSPS) is 12.9. The molecule has 1 heterocycles. The molecule has 2 aromatic rings. The summed E-state index contributed by atoms with van der Waals surface area (Å²) >= 11 is 0. The first-order chi connectivity index (χ1) is 9.64. The predicted molar refractivity (Wildman–Crippen MR) is 91.7 cm³/mol. The van der Waals surface area contributed by atoms with Crippen molar-refractivity contribution in [1.29, 1.82) is 0 Å². The molecule has 1 aromatic carbocycles. The van der Waals surface area contributed by atoms with Crippen molar-refractivity contribution in [2.75, 3.05) is 6.54 Å². The Bertz CT molecular complexity index is 648. The molecule has 0 saturated heterocycles. The van der Waals surface area contributed by atoms with Crippen LogP contribution in [0.2, 0.25) is 0 Å². The van der Waals surface area contributed by atoms with Crippen molar-refractivity contribution < 1.29 is 0 Å². The third-order valence-corrected chi connectivity index (χ3v) is 4.12. The number of aromatic nitrogens is 1. The Morgan fingerprint density at radius 1 is 1.10 bits per heavy atom. The fourth-order valence-corrected chi connectivity index (χ4v) is 2.74. The molecule has 2 rings (SSSR count). The lowest BCUT2D eigenvalue weighted by Crippen LogP contribution is -2.26. The van der Waals surface area contributed by atoms with Gasteiger partial charge in [0.05, 0.1) is 5.52 Å². The van der Waals surface area contributed by atoms with E-state index in [2.05, 4.69) is 65.8 Å². The molecule has 0 aliphatic rings. The molecule has 1 aromatic heterocycles. The summed E-state index contributed by atoms with van der Waals surface area (Å²) in [6, 6.07) is 8.73. The number of para-hydroxylation sites is 1. The molecule has 2 heteroatoms. The highest BCUT2D eigenvalue weighted by atomic mass is 14.7. The molecule has 0 unspecified atom stereocenters. The second-order valence-corrected chi connectivity index (χ2v) is 7.93. The topological polar surface area (TPSA) is 38.9 Å². The molecule has 114 valence electrons. The maximum atomic E-state index is 5.88. The molecule has 2 nitrogen and oxygen atoms in total. The van der Waals surface area contributed by atoms with Gasteiger partial charge in [-0.05, 0) is 47.9 Å². The van der Waals surface area contributed by atoms with Crippen molar-refractivity contribution >= 4 is 10.9 Å². The molecule has 0 atom stereocenters. The van der Waals surface area contributed by atoms with Crippen LogP contribution in [0, 0.1) is 12.3 Å². The molecular formula is C19H28N2. The zero-order valence-corrected chi connectivity index (χ0v) is 14.2. The van der Waals surface area contributed by atoms with E-state index in [1.54, 1.807) is 0 Å². The minimum absolute atomic E-state index is 0.0871. The van der Waals surface area contributed by atoms with Crippen molar-refractivity contribution in [2.24, 2.45) is 11.1 Å². The standard InChI is InChI=1S/C19H28N2/c1-13-10-14(11-19(5,6)12-20)21-17-15(13)8-7-9-16(17)18(2,3)4/h7-10H,11-12,20H2,1-6H3. The molecule has 0 spiro atoms. The van der Waals surface area contributed by atoms with E-state index < -0.39 is 0 Å². The van der Waals surface area contributed by atoms with Gasteiger partial charge in [0.15, 0.2) is 0 Å². The summed E-state index contributed by atoms with van der Waals surface area (Å²) in [5.41, 5.74) is 11.0. The number of hydrogen-bond donors (Lipinski definition) is 1. The van der Waals surface area contributed by atoms with Gasteiger partial charge in [-0.1, -0.05) is 52.8 Å². The molecule has 0 fully saturated rings. The third kappa shape index (κ3) is 3.44. The Morgan fingerprint density at radius 3 is 2.33 bits per heavy atom. The van der Waals surface area contributed by atoms with Gasteiger partial charge in [-0.3, -0.25) is 4.98 Å². The fraction of sp³-hybridized carbons (Fsp3) is 0.526. The molecular weight excluding hydrogens is 256 g/mol. The smallest absolute Gasteiger partial charge is 0.0745 e. The monoisotopic (exact) mass is 284 g/mol. The average Bonchev–Trinajstić information content (AvgIpc) is 2.36. The lowest BCUT2D eigenvalue weighted by Gasteiger charge is -2.24. The van der Waals surface area contributed by atoms with Crippen LogP contribution < -0.4 is 5.73 Å². The van der Waals surface area contributed by atoms with E-state index in [1.807, 2.05) is 0 Å². The lowest BCUT2D eigenvalue weighted by molar-refractivity contribution is 0.373. The zero-order chi connectivity index (χ0) is 15.8. The van der Waals surface area contributed by atoms with Crippen molar-refractivity contribution in [1.82, 2.24) is 4.98 Å². The number of aryl methyl sites for hydroxylation is 1. The third-order valence-electron chi connectivity index (χ3n) is 4.12. The quantitative estimate of drug-likeness (QED) is 0.909. The first-order valence-corrected chi connectivity index (χ1v) is 7.74. The second-order valence-electron chi connectivity index (χ2n) is 7.93. The maximum absolute atomic E-state index is 5.88. The van der Waals surface area contributed by atoms with E-state index in [0.29, 0.717) is 6.54 Å². The molecule has 0 amide bonds. The van der Waals surface area contributed by atoms with E-state index in [0.717, 1.165) is 17.6 Å². The van der Waals surface area contributed by atoms with E-state index in [1.165, 1.54) is 16.5 Å². The Hall–Kier alpha value is -1.41. The Morgan fingerprint density at radius 2 is 1.76 bits per heavy atom. The van der Waals surface area contributed by atoms with Crippen LogP contribution in [0.4, 0.5) is 0 Å². The van der Waals surface area contributed by atoms with Crippen LogP contribution in [0.1, 0.15) is 51.4 Å². The van der Waals surface area contributed by atoms with Crippen LogP contribution in [0.3, 0.4) is 0 Å². The minimum atomic E-state index is 0.0871. The van der Waals surface area contributed by atoms with E-state index >= 15 is 0 Å². The summed E-state index contributed by atoms with van der Waals surface area (Å²) in [4.78, 5) is 4.98. The number of nitrogens with two attached hydrogens (primary N) is 1. The molecule has 0 aliphatic carbocycles. The highest BCUT2D eigenvalue weighted by Gasteiger charge is 2.21. The highest BCUT2D eigenvalue weighted by Crippen LogP contribution is 2.31. The van der Waals surface area contributed by atoms with Gasteiger partial charge in [-0.2, -0.15) is 0 Å². The minimum Gasteiger partial charge on any atom is -0.330 e. The van der Waals surface area contributed by atoms with E-state index in [-0.39, 0.29) is 10.8 Å².